The van der Waals surface area contributed by atoms with Crippen LogP contribution in [0.2, 0.25) is 10.0 Å². The summed E-state index contributed by atoms with van der Waals surface area (Å²) in [7, 11) is 0. The molecule has 0 aliphatic carbocycles. The van der Waals surface area contributed by atoms with E-state index >= 15 is 0 Å². The van der Waals surface area contributed by atoms with Gasteiger partial charge in [-0.25, -0.2) is 4.39 Å². The van der Waals surface area contributed by atoms with Crippen molar-refractivity contribution < 1.29 is 22.7 Å². The Balaban J connectivity index is 2.53. The standard InChI is InChI=1S/C14H8Cl2F4O/c15-10-3-1-2-8(12(10)16)13(21)9-6-7(14(18,19)20)4-5-11(9)17/h1-6,13,21H. The second-order valence-corrected chi connectivity index (χ2v) is 5.06. The highest BCUT2D eigenvalue weighted by atomic mass is 35.5. The minimum Gasteiger partial charge on any atom is -0.383 e. The van der Waals surface area contributed by atoms with Crippen molar-refractivity contribution in [1.82, 2.24) is 0 Å². The van der Waals surface area contributed by atoms with Crippen LogP contribution in [0.25, 0.3) is 0 Å². The van der Waals surface area contributed by atoms with Crippen molar-refractivity contribution in [3.8, 4) is 0 Å². The van der Waals surface area contributed by atoms with Crippen LogP contribution in [0.5, 0.6) is 0 Å². The minimum absolute atomic E-state index is 0.0300. The first-order valence-electron chi connectivity index (χ1n) is 5.70. The Kier molecular flexibility index (Phi) is 4.46. The number of hydrogen-bond donors (Lipinski definition) is 1. The molecule has 21 heavy (non-hydrogen) atoms. The van der Waals surface area contributed by atoms with Crippen LogP contribution in [0.3, 0.4) is 0 Å². The normalized spacial score (nSPS) is 13.3. The maximum atomic E-state index is 13.7. The van der Waals surface area contributed by atoms with E-state index in [1.54, 1.807) is 0 Å². The van der Waals surface area contributed by atoms with Gasteiger partial charge in [0.1, 0.15) is 11.9 Å². The molecule has 0 spiro atoms. The third-order valence-corrected chi connectivity index (χ3v) is 3.73. The average Bonchev–Trinajstić information content (AvgIpc) is 2.40. The van der Waals surface area contributed by atoms with Crippen LogP contribution in [0.4, 0.5) is 17.6 Å². The number of rotatable bonds is 2. The van der Waals surface area contributed by atoms with E-state index in [2.05, 4.69) is 0 Å². The number of aliphatic hydroxyl groups excluding tert-OH is 1. The zero-order valence-corrected chi connectivity index (χ0v) is 11.8. The van der Waals surface area contributed by atoms with Gasteiger partial charge < -0.3 is 5.11 Å². The summed E-state index contributed by atoms with van der Waals surface area (Å²) in [4.78, 5) is 0. The van der Waals surface area contributed by atoms with Crippen LogP contribution in [-0.4, -0.2) is 5.11 Å². The van der Waals surface area contributed by atoms with E-state index in [0.29, 0.717) is 18.2 Å². The fraction of sp³-hybridized carbons (Fsp3) is 0.143. The highest BCUT2D eigenvalue weighted by molar-refractivity contribution is 6.42. The maximum Gasteiger partial charge on any atom is 0.416 e. The van der Waals surface area contributed by atoms with Gasteiger partial charge in [0, 0.05) is 11.1 Å². The molecule has 0 aliphatic rings. The molecule has 0 radical (unpaired) electrons. The highest BCUT2D eigenvalue weighted by Crippen LogP contribution is 2.36. The largest absolute Gasteiger partial charge is 0.416 e. The van der Waals surface area contributed by atoms with E-state index in [1.165, 1.54) is 18.2 Å². The highest BCUT2D eigenvalue weighted by Gasteiger charge is 2.32. The summed E-state index contributed by atoms with van der Waals surface area (Å²) >= 11 is 11.7. The molecule has 2 rings (SSSR count). The van der Waals surface area contributed by atoms with Crippen molar-refractivity contribution in [3.63, 3.8) is 0 Å². The lowest BCUT2D eigenvalue weighted by atomic mass is 9.99. The van der Waals surface area contributed by atoms with Crippen LogP contribution in [0.15, 0.2) is 36.4 Å². The Labute approximate surface area is 127 Å². The van der Waals surface area contributed by atoms with Crippen LogP contribution in [-0.2, 0) is 6.18 Å². The zero-order valence-electron chi connectivity index (χ0n) is 10.3. The summed E-state index contributed by atoms with van der Waals surface area (Å²) in [6.45, 7) is 0. The van der Waals surface area contributed by atoms with Crippen molar-refractivity contribution in [2.24, 2.45) is 0 Å². The molecular formula is C14H8Cl2F4O. The lowest BCUT2D eigenvalue weighted by Gasteiger charge is -2.16. The summed E-state index contributed by atoms with van der Waals surface area (Å²) in [5.74, 6) is -0.966. The van der Waals surface area contributed by atoms with Gasteiger partial charge in [-0.05, 0) is 24.3 Å². The second kappa shape index (κ2) is 5.83. The Morgan fingerprint density at radius 1 is 1.00 bits per heavy atom. The van der Waals surface area contributed by atoms with Gasteiger partial charge in [-0.2, -0.15) is 13.2 Å². The Bertz CT molecular complexity index is 671. The Morgan fingerprint density at radius 3 is 2.29 bits per heavy atom. The fourth-order valence-corrected chi connectivity index (χ4v) is 2.24. The van der Waals surface area contributed by atoms with Gasteiger partial charge >= 0.3 is 6.18 Å². The first-order valence-corrected chi connectivity index (χ1v) is 6.46. The SMILES string of the molecule is OC(c1cc(C(F)(F)F)ccc1F)c1cccc(Cl)c1Cl. The smallest absolute Gasteiger partial charge is 0.383 e. The van der Waals surface area contributed by atoms with Crippen molar-refractivity contribution in [2.45, 2.75) is 12.3 Å². The second-order valence-electron chi connectivity index (χ2n) is 4.28. The third kappa shape index (κ3) is 3.31. The lowest BCUT2D eigenvalue weighted by molar-refractivity contribution is -0.137. The molecule has 0 saturated carbocycles. The summed E-state index contributed by atoms with van der Waals surface area (Å²) in [6.07, 6.45) is -6.29. The first-order chi connectivity index (χ1) is 9.71. The molecule has 1 nitrogen and oxygen atoms in total. The van der Waals surface area contributed by atoms with E-state index in [9.17, 15) is 22.7 Å². The van der Waals surface area contributed by atoms with Gasteiger partial charge in [0.25, 0.3) is 0 Å². The maximum absolute atomic E-state index is 13.7. The molecule has 2 aromatic carbocycles. The molecular weight excluding hydrogens is 331 g/mol. The van der Waals surface area contributed by atoms with E-state index in [4.69, 9.17) is 23.2 Å². The van der Waals surface area contributed by atoms with Gasteiger partial charge in [0.05, 0.1) is 15.6 Å². The quantitative estimate of drug-likeness (QED) is 0.743. The number of alkyl halides is 3. The van der Waals surface area contributed by atoms with Gasteiger partial charge in [-0.3, -0.25) is 0 Å². The lowest BCUT2D eigenvalue weighted by Crippen LogP contribution is -2.09. The molecule has 2 aromatic rings. The zero-order chi connectivity index (χ0) is 15.8. The van der Waals surface area contributed by atoms with E-state index in [0.717, 1.165) is 0 Å². The number of aliphatic hydroxyl groups is 1. The van der Waals surface area contributed by atoms with Crippen molar-refractivity contribution in [1.29, 1.82) is 0 Å². The van der Waals surface area contributed by atoms with Gasteiger partial charge in [-0.1, -0.05) is 35.3 Å². The van der Waals surface area contributed by atoms with Crippen LogP contribution < -0.4 is 0 Å². The average molecular weight is 339 g/mol. The summed E-state index contributed by atoms with van der Waals surface area (Å²) in [6, 6.07) is 6.07. The number of halogens is 6. The topological polar surface area (TPSA) is 20.2 Å². The van der Waals surface area contributed by atoms with E-state index in [-0.39, 0.29) is 15.6 Å². The molecule has 1 atom stereocenters. The number of hydrogen-bond acceptors (Lipinski definition) is 1. The van der Waals surface area contributed by atoms with Gasteiger partial charge in [0.15, 0.2) is 0 Å². The molecule has 0 saturated heterocycles. The van der Waals surface area contributed by atoms with E-state index < -0.39 is 29.2 Å². The first kappa shape index (κ1) is 16.1. The molecule has 0 aliphatic heterocycles. The molecule has 0 heterocycles. The summed E-state index contributed by atoms with van der Waals surface area (Å²) in [5.41, 5.74) is -1.55. The molecule has 0 bridgehead atoms. The molecule has 0 amide bonds. The Morgan fingerprint density at radius 2 is 1.67 bits per heavy atom. The van der Waals surface area contributed by atoms with Crippen molar-refractivity contribution in [3.05, 3.63) is 69.0 Å². The van der Waals surface area contributed by atoms with Crippen molar-refractivity contribution in [2.75, 3.05) is 0 Å². The minimum atomic E-state index is -4.64. The van der Waals surface area contributed by atoms with Crippen LogP contribution in [0.1, 0.15) is 22.8 Å². The predicted molar refractivity (Wildman–Crippen MR) is 71.9 cm³/mol. The molecule has 7 heteroatoms. The number of benzene rings is 2. The third-order valence-electron chi connectivity index (χ3n) is 2.89. The van der Waals surface area contributed by atoms with Gasteiger partial charge in [-0.15, -0.1) is 0 Å². The summed E-state index contributed by atoms with van der Waals surface area (Å²) < 4.78 is 51.7. The molecule has 0 aromatic heterocycles. The molecule has 1 unspecified atom stereocenters. The van der Waals surface area contributed by atoms with Gasteiger partial charge in [0.2, 0.25) is 0 Å². The van der Waals surface area contributed by atoms with Crippen LogP contribution >= 0.6 is 23.2 Å². The Hall–Kier alpha value is -1.30. The van der Waals surface area contributed by atoms with E-state index in [1.807, 2.05) is 0 Å². The summed E-state index contributed by atoms with van der Waals surface area (Å²) in [5, 5.41) is 10.2. The molecule has 112 valence electrons. The molecule has 0 fully saturated rings. The van der Waals surface area contributed by atoms with Crippen molar-refractivity contribution >= 4 is 23.2 Å². The monoisotopic (exact) mass is 338 g/mol. The predicted octanol–water partition coefficient (Wildman–Crippen LogP) is 5.23. The molecule has 1 N–H and O–H groups in total. The fourth-order valence-electron chi connectivity index (χ4n) is 1.83. The van der Waals surface area contributed by atoms with Crippen LogP contribution in [0, 0.1) is 5.82 Å².